The van der Waals surface area contributed by atoms with E-state index in [0.717, 1.165) is 5.56 Å². The zero-order chi connectivity index (χ0) is 8.27. The van der Waals surface area contributed by atoms with Crippen molar-refractivity contribution in [2.75, 3.05) is 0 Å². The van der Waals surface area contributed by atoms with Gasteiger partial charge in [-0.15, -0.1) is 0 Å². The Hall–Kier alpha value is -0.603. The molecule has 1 N–H and O–H groups in total. The van der Waals surface area contributed by atoms with Crippen molar-refractivity contribution in [1.82, 2.24) is 0 Å². The maximum absolute atomic E-state index is 8.98. The Morgan fingerprint density at radius 1 is 1.27 bits per heavy atom. The lowest BCUT2D eigenvalue weighted by Crippen LogP contribution is -2.26. The fraction of sp³-hybridized carbons (Fsp3) is 0.333. The zero-order valence-electron chi connectivity index (χ0n) is 6.96. The average Bonchev–Trinajstić information content (AvgIpc) is 2.04. The van der Waals surface area contributed by atoms with Gasteiger partial charge in [-0.3, -0.25) is 0 Å². The van der Waals surface area contributed by atoms with Gasteiger partial charge < -0.3 is 5.11 Å². The quantitative estimate of drug-likeness (QED) is 0.652. The van der Waals surface area contributed by atoms with Crippen LogP contribution in [-0.4, -0.2) is 13.9 Å². The summed E-state index contributed by atoms with van der Waals surface area (Å²) in [5.41, 5.74) is 1.09. The lowest BCUT2D eigenvalue weighted by Gasteiger charge is -2.07. The maximum atomic E-state index is 8.98. The van der Waals surface area contributed by atoms with Gasteiger partial charge in [0.05, 0.1) is 15.4 Å². The van der Waals surface area contributed by atoms with Crippen LogP contribution in [-0.2, 0) is 6.61 Å². The minimum Gasteiger partial charge on any atom is -0.392 e. The van der Waals surface area contributed by atoms with Crippen LogP contribution in [0.2, 0.25) is 13.1 Å². The van der Waals surface area contributed by atoms with Crippen molar-refractivity contribution in [1.29, 1.82) is 0 Å². The van der Waals surface area contributed by atoms with E-state index < -0.39 is 8.80 Å². The van der Waals surface area contributed by atoms with Crippen LogP contribution >= 0.6 is 0 Å². The second-order valence-corrected chi connectivity index (χ2v) is 5.35. The van der Waals surface area contributed by atoms with E-state index in [2.05, 4.69) is 19.2 Å². The van der Waals surface area contributed by atoms with E-state index in [9.17, 15) is 0 Å². The molecule has 1 aromatic carbocycles. The van der Waals surface area contributed by atoms with E-state index in [4.69, 9.17) is 5.11 Å². The summed E-state index contributed by atoms with van der Waals surface area (Å²) in [6.07, 6.45) is 0. The molecule has 0 atom stereocenters. The van der Waals surface area contributed by atoms with Gasteiger partial charge in [0.25, 0.3) is 0 Å². The van der Waals surface area contributed by atoms with Crippen LogP contribution in [0.3, 0.4) is 0 Å². The highest BCUT2D eigenvalue weighted by molar-refractivity contribution is 6.71. The molecule has 0 aliphatic carbocycles. The Labute approximate surface area is 69.3 Å². The molecule has 0 unspecified atom stereocenters. The molecule has 1 aromatic rings. The van der Waals surface area contributed by atoms with Gasteiger partial charge in [-0.1, -0.05) is 42.5 Å². The van der Waals surface area contributed by atoms with Gasteiger partial charge in [0.1, 0.15) is 0 Å². The zero-order valence-corrected chi connectivity index (χ0v) is 7.96. The number of hydrogen-bond donors (Lipinski definition) is 1. The summed E-state index contributed by atoms with van der Waals surface area (Å²) in [6.45, 7) is 4.64. The van der Waals surface area contributed by atoms with E-state index in [1.165, 1.54) is 5.19 Å². The van der Waals surface area contributed by atoms with Gasteiger partial charge >= 0.3 is 0 Å². The molecule has 0 saturated heterocycles. The summed E-state index contributed by atoms with van der Waals surface area (Å²) in [7, 11) is -0.414. The molecular formula is C9H13OSi. The Morgan fingerprint density at radius 2 is 1.91 bits per heavy atom. The second kappa shape index (κ2) is 3.69. The normalized spacial score (nSPS) is 10.5. The second-order valence-electron chi connectivity index (χ2n) is 2.82. The molecule has 11 heavy (non-hydrogen) atoms. The Morgan fingerprint density at radius 3 is 2.36 bits per heavy atom. The predicted octanol–water partition coefficient (Wildman–Crippen LogP) is 1.14. The third-order valence-electron chi connectivity index (χ3n) is 1.73. The highest BCUT2D eigenvalue weighted by atomic mass is 28.3. The summed E-state index contributed by atoms with van der Waals surface area (Å²) in [4.78, 5) is 0. The van der Waals surface area contributed by atoms with Crippen molar-refractivity contribution in [2.24, 2.45) is 0 Å². The highest BCUT2D eigenvalue weighted by Crippen LogP contribution is 1.97. The van der Waals surface area contributed by atoms with Crippen LogP contribution in [0.4, 0.5) is 0 Å². The van der Waals surface area contributed by atoms with E-state index in [-0.39, 0.29) is 6.61 Å². The number of aliphatic hydroxyl groups is 1. The third kappa shape index (κ3) is 1.91. The minimum absolute atomic E-state index is 0.173. The molecule has 2 heteroatoms. The molecule has 0 amide bonds. The van der Waals surface area contributed by atoms with Crippen LogP contribution < -0.4 is 5.19 Å². The minimum atomic E-state index is -0.414. The molecule has 0 aromatic heterocycles. The predicted molar refractivity (Wildman–Crippen MR) is 49.5 cm³/mol. The smallest absolute Gasteiger partial charge is 0.0796 e. The fourth-order valence-electron chi connectivity index (χ4n) is 1.15. The van der Waals surface area contributed by atoms with Crippen LogP contribution in [0.5, 0.6) is 0 Å². The number of aliphatic hydroxyl groups excluding tert-OH is 1. The van der Waals surface area contributed by atoms with Gasteiger partial charge in [0, 0.05) is 0 Å². The monoisotopic (exact) mass is 165 g/mol. The first-order valence-corrected chi connectivity index (χ1v) is 6.25. The molecule has 59 valence electrons. The molecule has 0 bridgehead atoms. The molecular weight excluding hydrogens is 152 g/mol. The third-order valence-corrected chi connectivity index (χ3v) is 3.29. The summed E-state index contributed by atoms with van der Waals surface area (Å²) < 4.78 is 0. The van der Waals surface area contributed by atoms with Gasteiger partial charge in [0.15, 0.2) is 0 Å². The van der Waals surface area contributed by atoms with Crippen molar-refractivity contribution < 1.29 is 5.11 Å². The standard InChI is InChI=1S/C9H13OSi/c1-11(2)9-6-4-3-5-8(9)7-10/h3-6,10H,7H2,1-2H3. The summed E-state index contributed by atoms with van der Waals surface area (Å²) in [5.74, 6) is 0. The van der Waals surface area contributed by atoms with Gasteiger partial charge in [-0.2, -0.15) is 0 Å². The molecule has 0 spiro atoms. The topological polar surface area (TPSA) is 20.2 Å². The fourth-order valence-corrected chi connectivity index (χ4v) is 2.38. The van der Waals surface area contributed by atoms with Crippen LogP contribution in [0.15, 0.2) is 24.3 Å². The van der Waals surface area contributed by atoms with E-state index in [1.807, 2.05) is 18.2 Å². The highest BCUT2D eigenvalue weighted by Gasteiger charge is 2.04. The maximum Gasteiger partial charge on any atom is 0.0796 e. The lowest BCUT2D eigenvalue weighted by atomic mass is 10.2. The first-order valence-electron chi connectivity index (χ1n) is 3.75. The Bertz CT molecular complexity index is 233. The van der Waals surface area contributed by atoms with Crippen LogP contribution in [0.1, 0.15) is 5.56 Å². The van der Waals surface area contributed by atoms with Crippen LogP contribution in [0.25, 0.3) is 0 Å². The Kier molecular flexibility index (Phi) is 2.85. The molecule has 0 fully saturated rings. The number of hydrogen-bond acceptors (Lipinski definition) is 1. The molecule has 0 saturated carbocycles. The van der Waals surface area contributed by atoms with Gasteiger partial charge in [0.2, 0.25) is 0 Å². The molecule has 0 aliphatic rings. The van der Waals surface area contributed by atoms with E-state index in [1.54, 1.807) is 0 Å². The van der Waals surface area contributed by atoms with Gasteiger partial charge in [-0.25, -0.2) is 0 Å². The van der Waals surface area contributed by atoms with Crippen LogP contribution in [0, 0.1) is 0 Å². The van der Waals surface area contributed by atoms with Crippen molar-refractivity contribution in [3.8, 4) is 0 Å². The first kappa shape index (κ1) is 8.49. The number of benzene rings is 1. The first-order chi connectivity index (χ1) is 5.25. The SMILES string of the molecule is C[Si](C)c1ccccc1CO. The summed E-state index contributed by atoms with van der Waals surface area (Å²) >= 11 is 0. The summed E-state index contributed by atoms with van der Waals surface area (Å²) in [5, 5.41) is 10.3. The van der Waals surface area contributed by atoms with E-state index in [0.29, 0.717) is 0 Å². The van der Waals surface area contributed by atoms with Crippen molar-refractivity contribution in [2.45, 2.75) is 19.7 Å². The van der Waals surface area contributed by atoms with Crippen molar-refractivity contribution in [3.05, 3.63) is 29.8 Å². The summed E-state index contributed by atoms with van der Waals surface area (Å²) in [6, 6.07) is 8.11. The molecule has 1 nitrogen and oxygen atoms in total. The lowest BCUT2D eigenvalue weighted by molar-refractivity contribution is 0.283. The largest absolute Gasteiger partial charge is 0.392 e. The molecule has 0 heterocycles. The average molecular weight is 165 g/mol. The Balaban J connectivity index is 3.02. The molecule has 1 rings (SSSR count). The van der Waals surface area contributed by atoms with Gasteiger partial charge in [-0.05, 0) is 5.56 Å². The molecule has 0 aliphatic heterocycles. The molecule has 1 radical (unpaired) electrons. The van der Waals surface area contributed by atoms with Crippen molar-refractivity contribution in [3.63, 3.8) is 0 Å². The number of rotatable bonds is 2. The van der Waals surface area contributed by atoms with Crippen molar-refractivity contribution >= 4 is 14.0 Å². The van der Waals surface area contributed by atoms with E-state index >= 15 is 0 Å².